The van der Waals surface area contributed by atoms with E-state index in [0.29, 0.717) is 0 Å². The lowest BCUT2D eigenvalue weighted by Gasteiger charge is -2.08. The summed E-state index contributed by atoms with van der Waals surface area (Å²) in [5.41, 5.74) is 6.06. The van der Waals surface area contributed by atoms with Crippen molar-refractivity contribution in [2.45, 2.75) is 40.5 Å². The number of amides is 1. The molecule has 0 heterocycles. The summed E-state index contributed by atoms with van der Waals surface area (Å²) in [6, 6.07) is 10.3. The van der Waals surface area contributed by atoms with Crippen molar-refractivity contribution >= 4 is 29.5 Å². The number of nitrogens with zero attached hydrogens (tertiary/aromatic N) is 1. The molecule has 1 N–H and O–H groups in total. The Balaban J connectivity index is 2.70. The summed E-state index contributed by atoms with van der Waals surface area (Å²) in [6.45, 7) is 7.63. The summed E-state index contributed by atoms with van der Waals surface area (Å²) in [6.07, 6.45) is 14.1. The second-order valence-electron chi connectivity index (χ2n) is 6.11. The summed E-state index contributed by atoms with van der Waals surface area (Å²) >= 11 is 1.73. The van der Waals surface area contributed by atoms with Gasteiger partial charge in [-0.15, -0.1) is 11.8 Å². The molecule has 3 nitrogen and oxygen atoms in total. The molecule has 4 heteroatoms. The lowest BCUT2D eigenvalue weighted by atomic mass is 10.1. The Bertz CT molecular complexity index is 728. The molecule has 0 aliphatic heterocycles. The van der Waals surface area contributed by atoms with E-state index < -0.39 is 0 Å². The van der Waals surface area contributed by atoms with Gasteiger partial charge in [0, 0.05) is 23.3 Å². The number of allylic oxidation sites excluding steroid dienone is 6. The molecule has 0 atom stereocenters. The van der Waals surface area contributed by atoms with Gasteiger partial charge in [-0.3, -0.25) is 4.79 Å². The molecule has 27 heavy (non-hydrogen) atoms. The van der Waals surface area contributed by atoms with E-state index in [9.17, 15) is 4.79 Å². The molecule has 0 aromatic heterocycles. The SMILES string of the molecule is C\C=C/C=C\C(=C/C)SC/C(CC/C(C)=C\c1ccccc1)=N/NC(C)=O. The number of benzene rings is 1. The Morgan fingerprint density at radius 2 is 1.85 bits per heavy atom. The van der Waals surface area contributed by atoms with Crippen LogP contribution in [-0.4, -0.2) is 17.4 Å². The zero-order valence-electron chi connectivity index (χ0n) is 16.7. The Morgan fingerprint density at radius 1 is 1.11 bits per heavy atom. The van der Waals surface area contributed by atoms with Gasteiger partial charge >= 0.3 is 0 Å². The van der Waals surface area contributed by atoms with Crippen LogP contribution in [0, 0.1) is 0 Å². The minimum atomic E-state index is -0.145. The maximum Gasteiger partial charge on any atom is 0.236 e. The zero-order valence-corrected chi connectivity index (χ0v) is 17.6. The first-order valence-electron chi connectivity index (χ1n) is 9.17. The molecular formula is C23H30N2OS. The predicted octanol–water partition coefficient (Wildman–Crippen LogP) is 6.13. The van der Waals surface area contributed by atoms with Crippen molar-refractivity contribution in [3.05, 3.63) is 76.8 Å². The average Bonchev–Trinajstić information content (AvgIpc) is 2.66. The molecule has 0 radical (unpaired) electrons. The molecule has 1 aromatic rings. The van der Waals surface area contributed by atoms with Gasteiger partial charge in [-0.2, -0.15) is 5.10 Å². The van der Waals surface area contributed by atoms with Crippen LogP contribution in [0.15, 0.2) is 76.3 Å². The van der Waals surface area contributed by atoms with Crippen LogP contribution >= 0.6 is 11.8 Å². The van der Waals surface area contributed by atoms with Crippen LogP contribution < -0.4 is 5.43 Å². The molecule has 0 bridgehead atoms. The highest BCUT2D eigenvalue weighted by Crippen LogP contribution is 2.19. The minimum Gasteiger partial charge on any atom is -0.274 e. The fourth-order valence-corrected chi connectivity index (χ4v) is 3.10. The molecule has 0 spiro atoms. The number of hydrazone groups is 1. The first-order chi connectivity index (χ1) is 13.0. The van der Waals surface area contributed by atoms with Crippen LogP contribution in [0.4, 0.5) is 0 Å². The van der Waals surface area contributed by atoms with Crippen molar-refractivity contribution in [2.75, 3.05) is 5.75 Å². The fourth-order valence-electron chi connectivity index (χ4n) is 2.22. The largest absolute Gasteiger partial charge is 0.274 e. The summed E-state index contributed by atoms with van der Waals surface area (Å²) in [4.78, 5) is 12.4. The quantitative estimate of drug-likeness (QED) is 0.300. The van der Waals surface area contributed by atoms with E-state index in [-0.39, 0.29) is 5.91 Å². The molecule has 1 aromatic carbocycles. The molecule has 1 amide bonds. The standard InChI is InChI=1S/C23H30N2OS/c1-5-7-9-14-23(6-2)27-18-22(25-24-20(4)26)16-15-19(3)17-21-12-10-8-11-13-21/h5-14,17H,15-16,18H2,1-4H3,(H,24,26)/b7-5-,14-9-,19-17-,23-6+,25-22+. The molecule has 0 aliphatic carbocycles. The molecule has 0 aliphatic rings. The van der Waals surface area contributed by atoms with E-state index in [1.54, 1.807) is 11.8 Å². The minimum absolute atomic E-state index is 0.145. The van der Waals surface area contributed by atoms with E-state index in [4.69, 9.17) is 0 Å². The van der Waals surface area contributed by atoms with E-state index >= 15 is 0 Å². The van der Waals surface area contributed by atoms with Crippen molar-refractivity contribution < 1.29 is 4.79 Å². The van der Waals surface area contributed by atoms with Gasteiger partial charge in [0.2, 0.25) is 5.91 Å². The van der Waals surface area contributed by atoms with Crippen molar-refractivity contribution in [2.24, 2.45) is 5.10 Å². The number of thioether (sulfide) groups is 1. The first kappa shape index (κ1) is 22.7. The summed E-state index contributed by atoms with van der Waals surface area (Å²) in [5.74, 6) is 0.604. The van der Waals surface area contributed by atoms with Gasteiger partial charge in [0.05, 0.1) is 0 Å². The topological polar surface area (TPSA) is 41.5 Å². The maximum atomic E-state index is 11.2. The van der Waals surface area contributed by atoms with Gasteiger partial charge in [-0.25, -0.2) is 5.43 Å². The van der Waals surface area contributed by atoms with Crippen LogP contribution in [0.5, 0.6) is 0 Å². The number of carbonyl (C=O) groups excluding carboxylic acids is 1. The highest BCUT2D eigenvalue weighted by molar-refractivity contribution is 8.03. The molecular weight excluding hydrogens is 352 g/mol. The smallest absolute Gasteiger partial charge is 0.236 e. The Kier molecular flexibility index (Phi) is 11.6. The van der Waals surface area contributed by atoms with Crippen molar-refractivity contribution in [3.63, 3.8) is 0 Å². The van der Waals surface area contributed by atoms with Gasteiger partial charge in [0.1, 0.15) is 0 Å². The monoisotopic (exact) mass is 382 g/mol. The lowest BCUT2D eigenvalue weighted by molar-refractivity contribution is -0.118. The second-order valence-corrected chi connectivity index (χ2v) is 7.16. The van der Waals surface area contributed by atoms with Crippen molar-refractivity contribution in [1.29, 1.82) is 0 Å². The lowest BCUT2D eigenvalue weighted by Crippen LogP contribution is -2.17. The molecule has 0 saturated carbocycles. The maximum absolute atomic E-state index is 11.2. The third kappa shape index (κ3) is 11.1. The van der Waals surface area contributed by atoms with Crippen LogP contribution in [0.2, 0.25) is 0 Å². The fraction of sp³-hybridized carbons (Fsp3) is 0.304. The van der Waals surface area contributed by atoms with E-state index in [1.165, 1.54) is 23.0 Å². The van der Waals surface area contributed by atoms with E-state index in [0.717, 1.165) is 24.3 Å². The average molecular weight is 383 g/mol. The van der Waals surface area contributed by atoms with Crippen LogP contribution in [-0.2, 0) is 4.79 Å². The first-order valence-corrected chi connectivity index (χ1v) is 10.2. The molecule has 144 valence electrons. The molecule has 1 rings (SSSR count). The van der Waals surface area contributed by atoms with Crippen LogP contribution in [0.25, 0.3) is 6.08 Å². The number of hydrogen-bond donors (Lipinski definition) is 1. The van der Waals surface area contributed by atoms with Gasteiger partial charge < -0.3 is 0 Å². The number of carbonyl (C=O) groups is 1. The highest BCUT2D eigenvalue weighted by Gasteiger charge is 2.04. The van der Waals surface area contributed by atoms with Gasteiger partial charge in [-0.05, 0) is 45.3 Å². The molecule has 0 unspecified atom stereocenters. The van der Waals surface area contributed by atoms with Crippen LogP contribution in [0.1, 0.15) is 46.1 Å². The number of nitrogens with one attached hydrogen (secondary N) is 1. The Morgan fingerprint density at radius 3 is 2.48 bits per heavy atom. The molecule has 0 fully saturated rings. The third-order valence-electron chi connectivity index (χ3n) is 3.65. The summed E-state index contributed by atoms with van der Waals surface area (Å²) < 4.78 is 0. The van der Waals surface area contributed by atoms with Crippen molar-refractivity contribution in [3.8, 4) is 0 Å². The normalized spacial score (nSPS) is 13.6. The van der Waals surface area contributed by atoms with E-state index in [1.807, 2.05) is 50.3 Å². The van der Waals surface area contributed by atoms with Crippen molar-refractivity contribution in [1.82, 2.24) is 5.43 Å². The molecule has 0 saturated heterocycles. The third-order valence-corrected chi connectivity index (χ3v) is 4.83. The van der Waals surface area contributed by atoms with Crippen LogP contribution in [0.3, 0.4) is 0 Å². The number of rotatable bonds is 10. The predicted molar refractivity (Wildman–Crippen MR) is 121 cm³/mol. The van der Waals surface area contributed by atoms with E-state index in [2.05, 4.69) is 47.8 Å². The Labute approximate surface area is 168 Å². The highest BCUT2D eigenvalue weighted by atomic mass is 32.2. The second kappa shape index (κ2) is 13.8. The zero-order chi connectivity index (χ0) is 19.9. The summed E-state index contributed by atoms with van der Waals surface area (Å²) in [7, 11) is 0. The summed E-state index contributed by atoms with van der Waals surface area (Å²) in [5, 5.41) is 4.31. The Hall–Kier alpha value is -2.33. The van der Waals surface area contributed by atoms with Gasteiger partial charge in [0.25, 0.3) is 0 Å². The van der Waals surface area contributed by atoms with Gasteiger partial charge in [-0.1, -0.05) is 66.3 Å². The van der Waals surface area contributed by atoms with Gasteiger partial charge in [0.15, 0.2) is 0 Å². The number of hydrogen-bond acceptors (Lipinski definition) is 3.